The van der Waals surface area contributed by atoms with E-state index < -0.39 is 10.0 Å². The van der Waals surface area contributed by atoms with Gasteiger partial charge in [-0.2, -0.15) is 0 Å². The molecule has 0 spiro atoms. The second-order valence-electron chi connectivity index (χ2n) is 2.97. The van der Waals surface area contributed by atoms with Crippen LogP contribution >= 0.6 is 0 Å². The van der Waals surface area contributed by atoms with Crippen LogP contribution in [0.15, 0.2) is 23.1 Å². The highest BCUT2D eigenvalue weighted by atomic mass is 32.2. The van der Waals surface area contributed by atoms with Crippen molar-refractivity contribution in [2.45, 2.75) is 18.7 Å². The average molecular weight is 215 g/mol. The van der Waals surface area contributed by atoms with E-state index >= 15 is 0 Å². The summed E-state index contributed by atoms with van der Waals surface area (Å²) in [5.41, 5.74) is 0.818. The van der Waals surface area contributed by atoms with Crippen LogP contribution in [0.25, 0.3) is 0 Å². The van der Waals surface area contributed by atoms with Gasteiger partial charge >= 0.3 is 0 Å². The van der Waals surface area contributed by atoms with E-state index in [1.165, 1.54) is 12.1 Å². The first-order valence-electron chi connectivity index (χ1n) is 4.26. The predicted octanol–water partition coefficient (Wildman–Crippen LogP) is 0.999. The Hall–Kier alpha value is -1.07. The molecule has 78 valence electrons. The summed E-state index contributed by atoms with van der Waals surface area (Å²) in [7, 11) is -3.56. The van der Waals surface area contributed by atoms with Gasteiger partial charge in [-0.05, 0) is 24.6 Å². The summed E-state index contributed by atoms with van der Waals surface area (Å²) >= 11 is 0. The Balaban J connectivity index is 3.20. The number of rotatable bonds is 3. The lowest BCUT2D eigenvalue weighted by Crippen LogP contribution is -2.23. The summed E-state index contributed by atoms with van der Waals surface area (Å²) in [4.78, 5) is -0.0787. The summed E-state index contributed by atoms with van der Waals surface area (Å²) in [6, 6.07) is 4.46. The molecular formula is C9H13NO3S. The highest BCUT2D eigenvalue weighted by molar-refractivity contribution is 7.89. The molecule has 4 nitrogen and oxygen atoms in total. The number of sulfonamides is 1. The highest BCUT2D eigenvalue weighted by Crippen LogP contribution is 2.22. The highest BCUT2D eigenvalue weighted by Gasteiger charge is 2.16. The first kappa shape index (κ1) is 11.0. The second-order valence-corrected chi connectivity index (χ2v) is 4.71. The van der Waals surface area contributed by atoms with E-state index in [1.54, 1.807) is 19.9 Å². The minimum Gasteiger partial charge on any atom is -0.507 e. The van der Waals surface area contributed by atoms with Crippen LogP contribution in [-0.2, 0) is 10.0 Å². The van der Waals surface area contributed by atoms with E-state index in [4.69, 9.17) is 0 Å². The molecule has 0 atom stereocenters. The molecule has 0 aliphatic rings. The molecule has 2 N–H and O–H groups in total. The number of phenols is 1. The number of aromatic hydroxyl groups is 1. The molecule has 5 heteroatoms. The van der Waals surface area contributed by atoms with Crippen LogP contribution in [0.2, 0.25) is 0 Å². The number of hydrogen-bond acceptors (Lipinski definition) is 3. The van der Waals surface area contributed by atoms with Gasteiger partial charge in [0.2, 0.25) is 10.0 Å². The van der Waals surface area contributed by atoms with Gasteiger partial charge in [-0.1, -0.05) is 13.0 Å². The molecule has 0 aliphatic heterocycles. The predicted molar refractivity (Wildman–Crippen MR) is 53.7 cm³/mol. The standard InChI is InChI=1S/C9H13NO3S/c1-3-10-14(12,13)9-5-4-7(2)6-8(9)11/h4-6,10-11H,3H2,1-2H3. The number of phenolic OH excluding ortho intramolecular Hbond substituents is 1. The molecule has 0 aliphatic carbocycles. The molecule has 0 saturated carbocycles. The Morgan fingerprint density at radius 2 is 2.07 bits per heavy atom. The SMILES string of the molecule is CCNS(=O)(=O)c1ccc(C)cc1O. The third-order valence-corrected chi connectivity index (χ3v) is 3.33. The summed E-state index contributed by atoms with van der Waals surface area (Å²) in [5.74, 6) is -0.217. The Labute approximate surface area is 83.6 Å². The number of benzene rings is 1. The minimum atomic E-state index is -3.56. The number of aryl methyl sites for hydroxylation is 1. The van der Waals surface area contributed by atoms with E-state index in [9.17, 15) is 13.5 Å². The van der Waals surface area contributed by atoms with Crippen LogP contribution < -0.4 is 4.72 Å². The fraction of sp³-hybridized carbons (Fsp3) is 0.333. The van der Waals surface area contributed by atoms with E-state index in [0.717, 1.165) is 5.56 Å². The van der Waals surface area contributed by atoms with Crippen molar-refractivity contribution in [2.75, 3.05) is 6.54 Å². The summed E-state index contributed by atoms with van der Waals surface area (Å²) in [5, 5.41) is 9.43. The van der Waals surface area contributed by atoms with Gasteiger partial charge in [0.1, 0.15) is 10.6 Å². The van der Waals surface area contributed by atoms with Crippen molar-refractivity contribution in [1.29, 1.82) is 0 Å². The van der Waals surface area contributed by atoms with Gasteiger partial charge in [0.05, 0.1) is 0 Å². The lowest BCUT2D eigenvalue weighted by atomic mass is 10.2. The van der Waals surface area contributed by atoms with Crippen LogP contribution in [0.3, 0.4) is 0 Å². The largest absolute Gasteiger partial charge is 0.507 e. The fourth-order valence-corrected chi connectivity index (χ4v) is 2.24. The summed E-state index contributed by atoms with van der Waals surface area (Å²) in [6.45, 7) is 3.77. The van der Waals surface area contributed by atoms with Gasteiger partial charge in [-0.15, -0.1) is 0 Å². The van der Waals surface area contributed by atoms with Crippen molar-refractivity contribution in [1.82, 2.24) is 4.72 Å². The third-order valence-electron chi connectivity index (χ3n) is 1.74. The molecule has 0 bridgehead atoms. The summed E-state index contributed by atoms with van der Waals surface area (Å²) < 4.78 is 25.3. The smallest absolute Gasteiger partial charge is 0.244 e. The van der Waals surface area contributed by atoms with Crippen LogP contribution in [0.1, 0.15) is 12.5 Å². The van der Waals surface area contributed by atoms with Crippen molar-refractivity contribution in [3.63, 3.8) is 0 Å². The van der Waals surface area contributed by atoms with Crippen molar-refractivity contribution in [3.05, 3.63) is 23.8 Å². The maximum Gasteiger partial charge on any atom is 0.244 e. The zero-order chi connectivity index (χ0) is 10.8. The molecule has 1 aromatic carbocycles. The summed E-state index contributed by atoms with van der Waals surface area (Å²) in [6.07, 6.45) is 0. The van der Waals surface area contributed by atoms with Gasteiger partial charge in [0.15, 0.2) is 0 Å². The Morgan fingerprint density at radius 3 is 2.57 bits per heavy atom. The maximum atomic E-state index is 11.5. The molecule has 1 aromatic rings. The molecule has 0 unspecified atom stereocenters. The van der Waals surface area contributed by atoms with E-state index in [1.807, 2.05) is 0 Å². The van der Waals surface area contributed by atoms with Gasteiger partial charge in [0.25, 0.3) is 0 Å². The van der Waals surface area contributed by atoms with Gasteiger partial charge in [0, 0.05) is 6.54 Å². The quantitative estimate of drug-likeness (QED) is 0.790. The molecule has 0 fully saturated rings. The van der Waals surface area contributed by atoms with Gasteiger partial charge < -0.3 is 5.11 Å². The zero-order valence-electron chi connectivity index (χ0n) is 8.11. The second kappa shape index (κ2) is 3.98. The van der Waals surface area contributed by atoms with Crippen molar-refractivity contribution in [2.24, 2.45) is 0 Å². The monoisotopic (exact) mass is 215 g/mol. The van der Waals surface area contributed by atoms with E-state index in [-0.39, 0.29) is 10.6 Å². The third kappa shape index (κ3) is 2.24. The molecule has 1 rings (SSSR count). The molecule has 0 amide bonds. The molecule has 14 heavy (non-hydrogen) atoms. The van der Waals surface area contributed by atoms with Crippen molar-refractivity contribution < 1.29 is 13.5 Å². The van der Waals surface area contributed by atoms with Crippen LogP contribution in [0.4, 0.5) is 0 Å². The van der Waals surface area contributed by atoms with Crippen molar-refractivity contribution >= 4 is 10.0 Å². The minimum absolute atomic E-state index is 0.0787. The van der Waals surface area contributed by atoms with E-state index in [0.29, 0.717) is 6.54 Å². The number of nitrogens with one attached hydrogen (secondary N) is 1. The Bertz CT molecular complexity index is 426. The lowest BCUT2D eigenvalue weighted by molar-refractivity contribution is 0.457. The first-order valence-corrected chi connectivity index (χ1v) is 5.75. The Kier molecular flexibility index (Phi) is 3.13. The zero-order valence-corrected chi connectivity index (χ0v) is 8.93. The molecular weight excluding hydrogens is 202 g/mol. The van der Waals surface area contributed by atoms with Gasteiger partial charge in [-0.3, -0.25) is 0 Å². The molecule has 0 aromatic heterocycles. The molecule has 0 heterocycles. The van der Waals surface area contributed by atoms with Crippen LogP contribution in [0.5, 0.6) is 5.75 Å². The van der Waals surface area contributed by atoms with Crippen molar-refractivity contribution in [3.8, 4) is 5.75 Å². The Morgan fingerprint density at radius 1 is 1.43 bits per heavy atom. The number of hydrogen-bond donors (Lipinski definition) is 2. The molecule has 0 radical (unpaired) electrons. The van der Waals surface area contributed by atoms with Crippen LogP contribution in [0, 0.1) is 6.92 Å². The first-order chi connectivity index (χ1) is 6.47. The molecule has 0 saturated heterocycles. The average Bonchev–Trinajstić information content (AvgIpc) is 2.02. The maximum absolute atomic E-state index is 11.5. The van der Waals surface area contributed by atoms with Crippen LogP contribution in [-0.4, -0.2) is 20.1 Å². The normalized spacial score (nSPS) is 11.6. The van der Waals surface area contributed by atoms with Gasteiger partial charge in [-0.25, -0.2) is 13.1 Å². The fourth-order valence-electron chi connectivity index (χ4n) is 1.12. The lowest BCUT2D eigenvalue weighted by Gasteiger charge is -2.06. The topological polar surface area (TPSA) is 66.4 Å². The van der Waals surface area contributed by atoms with E-state index in [2.05, 4.69) is 4.72 Å².